The molecule has 3 aromatic rings. The maximum Gasteiger partial charge on any atom is 0.336 e. The molecule has 6 nitrogen and oxygen atoms in total. The highest BCUT2D eigenvalue weighted by Crippen LogP contribution is 2.47. The number of aryl methyl sites for hydroxylation is 1. The molecule has 2 aromatic carbocycles. The Balaban J connectivity index is 1.67. The van der Waals surface area contributed by atoms with Crippen molar-refractivity contribution in [1.29, 1.82) is 0 Å². The van der Waals surface area contributed by atoms with Crippen molar-refractivity contribution < 1.29 is 19.1 Å². The first kappa shape index (κ1) is 25.3. The molecule has 0 fully saturated rings. The number of rotatable bonds is 7. The van der Waals surface area contributed by atoms with Crippen LogP contribution in [0, 0.1) is 5.41 Å². The number of hydrogen-bond donors (Lipinski definition) is 1. The van der Waals surface area contributed by atoms with E-state index in [1.54, 1.807) is 0 Å². The molecule has 1 aromatic heterocycles. The second-order valence-electron chi connectivity index (χ2n) is 10.8. The predicted octanol–water partition coefficient (Wildman–Crippen LogP) is 6.00. The number of ether oxygens (including phenoxy) is 2. The molecule has 5 rings (SSSR count). The summed E-state index contributed by atoms with van der Waals surface area (Å²) in [5.74, 6) is -0.797. The van der Waals surface area contributed by atoms with Crippen molar-refractivity contribution in [1.82, 2.24) is 9.88 Å². The SMILES string of the molecule is CCOCCOC(=O)C1=C(C)NC2=C(C(=O)CC(C)(C)C2)[C@@H]1c1ccc2c(c1)c1ccccc1n2CC. The average Bonchev–Trinajstić information content (AvgIpc) is 3.17. The van der Waals surface area contributed by atoms with E-state index in [-0.39, 0.29) is 17.8 Å². The Morgan fingerprint density at radius 2 is 1.81 bits per heavy atom. The Hall–Kier alpha value is -3.38. The lowest BCUT2D eigenvalue weighted by molar-refractivity contribution is -0.140. The smallest absolute Gasteiger partial charge is 0.336 e. The van der Waals surface area contributed by atoms with Gasteiger partial charge in [-0.3, -0.25) is 4.79 Å². The molecule has 0 saturated carbocycles. The molecule has 0 unspecified atom stereocenters. The van der Waals surface area contributed by atoms with Crippen molar-refractivity contribution in [2.75, 3.05) is 19.8 Å². The number of allylic oxidation sites excluding steroid dienone is 3. The van der Waals surface area contributed by atoms with Gasteiger partial charge in [-0.05, 0) is 56.4 Å². The van der Waals surface area contributed by atoms with Crippen LogP contribution in [0.3, 0.4) is 0 Å². The largest absolute Gasteiger partial charge is 0.460 e. The first-order valence-electron chi connectivity index (χ1n) is 13.3. The number of nitrogens with zero attached hydrogens (tertiary/aromatic N) is 1. The average molecular weight is 501 g/mol. The molecular formula is C31H36N2O4. The van der Waals surface area contributed by atoms with E-state index in [1.165, 1.54) is 10.9 Å². The van der Waals surface area contributed by atoms with Crippen molar-refractivity contribution >= 4 is 33.6 Å². The Labute approximate surface area is 218 Å². The van der Waals surface area contributed by atoms with Crippen LogP contribution in [0.2, 0.25) is 0 Å². The standard InChI is InChI=1S/C31H36N2O4/c1-6-33-24-11-9-8-10-21(24)22-16-20(12-13-25(22)33)28-27(30(35)37-15-14-36-7-2)19(3)32-23-17-31(4,5)18-26(34)29(23)28/h8-13,16,28,32H,6-7,14-15,17-18H2,1-5H3/t28-/m1/s1. The summed E-state index contributed by atoms with van der Waals surface area (Å²) < 4.78 is 13.3. The van der Waals surface area contributed by atoms with Crippen LogP contribution in [0.4, 0.5) is 0 Å². The molecular weight excluding hydrogens is 464 g/mol. The zero-order chi connectivity index (χ0) is 26.3. The molecule has 37 heavy (non-hydrogen) atoms. The van der Waals surface area contributed by atoms with Crippen molar-refractivity contribution in [2.24, 2.45) is 5.41 Å². The quantitative estimate of drug-likeness (QED) is 0.318. The van der Waals surface area contributed by atoms with Crippen LogP contribution in [0.1, 0.15) is 58.9 Å². The number of benzene rings is 2. The van der Waals surface area contributed by atoms with Gasteiger partial charge in [0.05, 0.1) is 12.2 Å². The number of dihydropyridines is 1. The first-order valence-corrected chi connectivity index (χ1v) is 13.3. The number of para-hydroxylation sites is 1. The highest BCUT2D eigenvalue weighted by atomic mass is 16.6. The van der Waals surface area contributed by atoms with E-state index >= 15 is 0 Å². The summed E-state index contributed by atoms with van der Waals surface area (Å²) in [5, 5.41) is 5.71. The fourth-order valence-corrected chi connectivity index (χ4v) is 6.05. The Morgan fingerprint density at radius 3 is 2.57 bits per heavy atom. The number of nitrogens with one attached hydrogen (secondary N) is 1. The van der Waals surface area contributed by atoms with E-state index in [2.05, 4.69) is 73.1 Å². The zero-order valence-electron chi connectivity index (χ0n) is 22.4. The number of fused-ring (bicyclic) bond motifs is 3. The van der Waals surface area contributed by atoms with Gasteiger partial charge in [-0.1, -0.05) is 38.1 Å². The van der Waals surface area contributed by atoms with Crippen LogP contribution >= 0.6 is 0 Å². The minimum Gasteiger partial charge on any atom is -0.460 e. The van der Waals surface area contributed by atoms with Gasteiger partial charge in [-0.25, -0.2) is 4.79 Å². The molecule has 6 heteroatoms. The minimum atomic E-state index is -0.479. The first-order chi connectivity index (χ1) is 17.8. The third kappa shape index (κ3) is 4.48. The van der Waals surface area contributed by atoms with Crippen LogP contribution < -0.4 is 5.32 Å². The van der Waals surface area contributed by atoms with Gasteiger partial charge in [-0.15, -0.1) is 0 Å². The third-order valence-corrected chi connectivity index (χ3v) is 7.57. The number of carbonyl (C=O) groups excluding carboxylic acids is 2. The lowest BCUT2D eigenvalue weighted by Gasteiger charge is -2.39. The van der Waals surface area contributed by atoms with Crippen molar-refractivity contribution in [3.63, 3.8) is 0 Å². The number of aromatic nitrogens is 1. The maximum absolute atomic E-state index is 13.6. The van der Waals surface area contributed by atoms with Crippen LogP contribution in [0.15, 0.2) is 65.0 Å². The van der Waals surface area contributed by atoms with Crippen LogP contribution in [0.25, 0.3) is 21.8 Å². The maximum atomic E-state index is 13.6. The monoisotopic (exact) mass is 500 g/mol. The van der Waals surface area contributed by atoms with E-state index in [0.29, 0.717) is 30.8 Å². The summed E-state index contributed by atoms with van der Waals surface area (Å²) in [6.07, 6.45) is 1.21. The van der Waals surface area contributed by atoms with Gasteiger partial charge in [-0.2, -0.15) is 0 Å². The lowest BCUT2D eigenvalue weighted by Crippen LogP contribution is -2.38. The number of Topliss-reactive ketones (excluding diaryl/α,β-unsaturated/α-hetero) is 1. The molecule has 2 heterocycles. The molecule has 1 atom stereocenters. The summed E-state index contributed by atoms with van der Waals surface area (Å²) in [5.41, 5.74) is 5.99. The third-order valence-electron chi connectivity index (χ3n) is 7.57. The van der Waals surface area contributed by atoms with Crippen LogP contribution in [-0.2, 0) is 25.6 Å². The molecule has 0 bridgehead atoms. The number of ketones is 1. The van der Waals surface area contributed by atoms with E-state index in [1.807, 2.05) is 13.8 Å². The van der Waals surface area contributed by atoms with Crippen molar-refractivity contribution in [3.05, 3.63) is 70.6 Å². The number of carbonyl (C=O) groups is 2. The summed E-state index contributed by atoms with van der Waals surface area (Å²) in [6, 6.07) is 14.8. The van der Waals surface area contributed by atoms with Gasteiger partial charge in [0.2, 0.25) is 0 Å². The van der Waals surface area contributed by atoms with Crippen molar-refractivity contribution in [3.8, 4) is 0 Å². The Bertz CT molecular complexity index is 1460. The molecule has 194 valence electrons. The van der Waals surface area contributed by atoms with Crippen LogP contribution in [-0.4, -0.2) is 36.1 Å². The van der Waals surface area contributed by atoms with Crippen molar-refractivity contribution in [2.45, 2.75) is 59.9 Å². The summed E-state index contributed by atoms with van der Waals surface area (Å²) in [4.78, 5) is 27.1. The molecule has 0 radical (unpaired) electrons. The second kappa shape index (κ2) is 9.82. The number of esters is 1. The fraction of sp³-hybridized carbons (Fsp3) is 0.419. The molecule has 0 amide bonds. The molecule has 1 aliphatic carbocycles. The topological polar surface area (TPSA) is 69.6 Å². The van der Waals surface area contributed by atoms with Crippen LogP contribution in [0.5, 0.6) is 0 Å². The normalized spacial score (nSPS) is 19.4. The van der Waals surface area contributed by atoms with E-state index in [9.17, 15) is 9.59 Å². The molecule has 1 aliphatic heterocycles. The molecule has 1 N–H and O–H groups in total. The summed E-state index contributed by atoms with van der Waals surface area (Å²) >= 11 is 0. The van der Waals surface area contributed by atoms with E-state index < -0.39 is 11.9 Å². The second-order valence-corrected chi connectivity index (χ2v) is 10.8. The van der Waals surface area contributed by atoms with Gasteiger partial charge in [0.25, 0.3) is 0 Å². The minimum absolute atomic E-state index is 0.0898. The van der Waals surface area contributed by atoms with Gasteiger partial charge in [0.1, 0.15) is 6.61 Å². The molecule has 0 spiro atoms. The van der Waals surface area contributed by atoms with Gasteiger partial charge < -0.3 is 19.4 Å². The number of hydrogen-bond acceptors (Lipinski definition) is 5. The summed E-state index contributed by atoms with van der Waals surface area (Å²) in [6.45, 7) is 12.1. The van der Waals surface area contributed by atoms with Gasteiger partial charge in [0.15, 0.2) is 5.78 Å². The fourth-order valence-electron chi connectivity index (χ4n) is 6.05. The highest BCUT2D eigenvalue weighted by molar-refractivity contribution is 6.09. The lowest BCUT2D eigenvalue weighted by atomic mass is 9.68. The van der Waals surface area contributed by atoms with Gasteiger partial charge >= 0.3 is 5.97 Å². The molecule has 0 saturated heterocycles. The Morgan fingerprint density at radius 1 is 1.05 bits per heavy atom. The molecule has 2 aliphatic rings. The summed E-state index contributed by atoms with van der Waals surface area (Å²) in [7, 11) is 0. The van der Waals surface area contributed by atoms with E-state index in [4.69, 9.17) is 9.47 Å². The van der Waals surface area contributed by atoms with Gasteiger partial charge in [0, 0.05) is 64.3 Å². The highest BCUT2D eigenvalue weighted by Gasteiger charge is 2.43. The van der Waals surface area contributed by atoms with E-state index in [0.717, 1.165) is 40.8 Å². The zero-order valence-corrected chi connectivity index (χ0v) is 22.4. The predicted molar refractivity (Wildman–Crippen MR) is 146 cm³/mol. The Kier molecular flexibility index (Phi) is 6.71.